The summed E-state index contributed by atoms with van der Waals surface area (Å²) in [6.45, 7) is 1.17. The molecule has 1 heterocycles. The first-order valence-corrected chi connectivity index (χ1v) is 11.8. The molecule has 1 aliphatic heterocycles. The molecule has 38 heavy (non-hydrogen) atoms. The lowest BCUT2D eigenvalue weighted by Crippen LogP contribution is -2.55. The van der Waals surface area contributed by atoms with Gasteiger partial charge >= 0.3 is 5.97 Å². The van der Waals surface area contributed by atoms with Crippen molar-refractivity contribution in [2.24, 2.45) is 5.92 Å². The monoisotopic (exact) mass is 544 g/mol. The maximum atomic E-state index is 13.6. The molecule has 11 nitrogen and oxygen atoms in total. The van der Waals surface area contributed by atoms with Gasteiger partial charge in [-0.2, -0.15) is 0 Å². The lowest BCUT2D eigenvalue weighted by atomic mass is 9.74. The number of benzene rings is 2. The van der Waals surface area contributed by atoms with E-state index in [0.717, 1.165) is 0 Å². The van der Waals surface area contributed by atoms with Crippen LogP contribution >= 0.6 is 11.6 Å². The fraction of sp³-hybridized carbons (Fsp3) is 0.308. The molecule has 0 fully saturated rings. The molecule has 0 radical (unpaired) electrons. The number of ketones is 2. The Morgan fingerprint density at radius 3 is 2.39 bits per heavy atom. The topological polar surface area (TPSA) is 149 Å². The Kier molecular flexibility index (Phi) is 7.23. The van der Waals surface area contributed by atoms with Crippen molar-refractivity contribution >= 4 is 40.7 Å². The van der Waals surface area contributed by atoms with Gasteiger partial charge < -0.3 is 34.7 Å². The Bertz CT molecular complexity index is 1390. The Hall–Kier alpha value is -4.25. The number of nitrogens with one attached hydrogen (secondary N) is 2. The zero-order chi connectivity index (χ0) is 27.8. The minimum Gasteiger partial charge on any atom is -0.496 e. The number of fused-ring (bicyclic) bond motifs is 1. The summed E-state index contributed by atoms with van der Waals surface area (Å²) in [5.41, 5.74) is -0.752. The average Bonchev–Trinajstić information content (AvgIpc) is 3.21. The molecule has 2 atom stereocenters. The number of carbonyl (C=O) groups is 4. The van der Waals surface area contributed by atoms with Gasteiger partial charge in [-0.15, -0.1) is 0 Å². The average molecular weight is 545 g/mol. The number of rotatable bonds is 8. The Morgan fingerprint density at radius 2 is 1.79 bits per heavy atom. The lowest BCUT2D eigenvalue weighted by molar-refractivity contribution is -0.135. The summed E-state index contributed by atoms with van der Waals surface area (Å²) in [5, 5.41) is 14.3. The first-order valence-electron chi connectivity index (χ1n) is 11.5. The molecule has 0 bridgehead atoms. The molecule has 0 saturated carbocycles. The normalized spacial score (nSPS) is 19.8. The summed E-state index contributed by atoms with van der Waals surface area (Å²) in [6.07, 6.45) is 1.50. The lowest BCUT2D eigenvalue weighted by Gasteiger charge is -2.35. The minimum atomic E-state index is -1.83. The quantitative estimate of drug-likeness (QED) is 0.423. The van der Waals surface area contributed by atoms with Crippen LogP contribution < -0.4 is 29.6 Å². The van der Waals surface area contributed by atoms with Gasteiger partial charge in [0.05, 0.1) is 27.0 Å². The van der Waals surface area contributed by atoms with E-state index >= 15 is 0 Å². The van der Waals surface area contributed by atoms with E-state index in [1.165, 1.54) is 51.7 Å². The number of aliphatic carboxylic acids is 1. The van der Waals surface area contributed by atoms with Crippen molar-refractivity contribution in [3.8, 4) is 23.0 Å². The Balaban J connectivity index is 1.66. The van der Waals surface area contributed by atoms with Gasteiger partial charge in [-0.25, -0.2) is 0 Å². The van der Waals surface area contributed by atoms with E-state index in [1.807, 2.05) is 0 Å². The van der Waals surface area contributed by atoms with Gasteiger partial charge in [-0.3, -0.25) is 19.2 Å². The molecule has 12 heteroatoms. The Morgan fingerprint density at radius 1 is 1.11 bits per heavy atom. The van der Waals surface area contributed by atoms with Gasteiger partial charge in [0, 0.05) is 29.3 Å². The number of hydrogen-bond donors (Lipinski definition) is 3. The third-order valence-corrected chi connectivity index (χ3v) is 6.83. The van der Waals surface area contributed by atoms with Crippen molar-refractivity contribution in [3.05, 3.63) is 52.2 Å². The Labute approximate surface area is 222 Å². The van der Waals surface area contributed by atoms with Gasteiger partial charge in [0.2, 0.25) is 17.2 Å². The predicted octanol–water partition coefficient (Wildman–Crippen LogP) is 3.10. The zero-order valence-corrected chi connectivity index (χ0v) is 21.7. The first kappa shape index (κ1) is 26.8. The van der Waals surface area contributed by atoms with Crippen LogP contribution in [0.25, 0.3) is 0 Å². The number of Topliss-reactive ketones (excluding diaryl/α,β-unsaturated/α-hetero) is 1. The van der Waals surface area contributed by atoms with Gasteiger partial charge in [0.25, 0.3) is 5.91 Å². The largest absolute Gasteiger partial charge is 0.496 e. The maximum absolute atomic E-state index is 13.6. The first-order chi connectivity index (χ1) is 18.1. The zero-order valence-electron chi connectivity index (χ0n) is 21.0. The van der Waals surface area contributed by atoms with Crippen molar-refractivity contribution in [1.29, 1.82) is 0 Å². The van der Waals surface area contributed by atoms with Crippen LogP contribution in [-0.4, -0.2) is 62.0 Å². The summed E-state index contributed by atoms with van der Waals surface area (Å²) in [4.78, 5) is 50.3. The van der Waals surface area contributed by atoms with Crippen LogP contribution in [0.1, 0.15) is 34.1 Å². The summed E-state index contributed by atoms with van der Waals surface area (Å²) in [7, 11) is 4.24. The van der Waals surface area contributed by atoms with Crippen LogP contribution in [0.4, 0.5) is 5.69 Å². The highest BCUT2D eigenvalue weighted by atomic mass is 35.5. The van der Waals surface area contributed by atoms with Crippen molar-refractivity contribution < 1.29 is 43.2 Å². The number of carboxylic acids is 1. The van der Waals surface area contributed by atoms with Crippen LogP contribution in [0.5, 0.6) is 23.0 Å². The molecule has 1 amide bonds. The van der Waals surface area contributed by atoms with Gasteiger partial charge in [0.1, 0.15) is 34.4 Å². The van der Waals surface area contributed by atoms with E-state index in [4.69, 9.17) is 35.7 Å². The molecule has 4 rings (SSSR count). The van der Waals surface area contributed by atoms with E-state index in [0.29, 0.717) is 17.1 Å². The molecule has 2 aliphatic rings. The minimum absolute atomic E-state index is 0.0274. The van der Waals surface area contributed by atoms with E-state index in [9.17, 15) is 19.2 Å². The highest BCUT2D eigenvalue weighted by Gasteiger charge is 2.60. The number of hydrogen-bond acceptors (Lipinski definition) is 9. The summed E-state index contributed by atoms with van der Waals surface area (Å²) < 4.78 is 22.0. The molecular weight excluding hydrogens is 520 g/mol. The van der Waals surface area contributed by atoms with Crippen molar-refractivity contribution in [2.75, 3.05) is 33.2 Å². The fourth-order valence-corrected chi connectivity index (χ4v) is 4.86. The molecule has 200 valence electrons. The van der Waals surface area contributed by atoms with Crippen LogP contribution in [0, 0.1) is 5.92 Å². The van der Waals surface area contributed by atoms with Crippen LogP contribution in [0.15, 0.2) is 36.0 Å². The number of allylic oxidation sites excluding steroid dienone is 1. The van der Waals surface area contributed by atoms with Crippen LogP contribution in [0.2, 0.25) is 5.02 Å². The number of methoxy groups -OCH3 is 3. The number of carbonyl (C=O) groups excluding carboxylic acids is 3. The third-order valence-electron chi connectivity index (χ3n) is 6.47. The fourth-order valence-electron chi connectivity index (χ4n) is 4.59. The SMILES string of the molecule is COc1ccc(C(=O)NCC(=O)O)cc1NC1=CC(=O)[C@@]2(Oc3c(Cl)c(OC)cc(OC)c3C2=O)[C@H](C)C1. The second-order valence-corrected chi connectivity index (χ2v) is 9.10. The second-order valence-electron chi connectivity index (χ2n) is 8.72. The summed E-state index contributed by atoms with van der Waals surface area (Å²) in [5.74, 6) is -2.72. The van der Waals surface area contributed by atoms with E-state index in [1.54, 1.807) is 6.92 Å². The molecule has 1 aliphatic carbocycles. The van der Waals surface area contributed by atoms with Crippen molar-refractivity contribution in [1.82, 2.24) is 5.32 Å². The van der Waals surface area contributed by atoms with E-state index in [2.05, 4.69) is 10.6 Å². The molecule has 2 aromatic carbocycles. The number of amides is 1. The number of carboxylic acid groups (broad SMARTS) is 1. The standard InChI is InChI=1S/C26H25ClN2O9/c1-12-7-14(29-15-8-13(5-6-16(15)35-2)25(34)28-11-20(31)32)9-19(30)26(12)24(33)21-17(36-3)10-18(37-4)22(27)23(21)38-26/h5-6,8-10,12,29H,7,11H2,1-4H3,(H,28,34)(H,31,32)/t12-,26+/m1/s1. The number of halogens is 1. The molecule has 1 spiro atoms. The molecule has 2 aromatic rings. The van der Waals surface area contributed by atoms with Gasteiger partial charge in [-0.05, 0) is 24.6 Å². The van der Waals surface area contributed by atoms with E-state index < -0.39 is 41.5 Å². The van der Waals surface area contributed by atoms with Crippen molar-refractivity contribution in [2.45, 2.75) is 18.9 Å². The highest BCUT2D eigenvalue weighted by molar-refractivity contribution is 6.36. The van der Waals surface area contributed by atoms with Gasteiger partial charge in [-0.1, -0.05) is 18.5 Å². The summed E-state index contributed by atoms with van der Waals surface area (Å²) >= 11 is 6.42. The predicted molar refractivity (Wildman–Crippen MR) is 136 cm³/mol. The third kappa shape index (κ3) is 4.38. The van der Waals surface area contributed by atoms with Crippen LogP contribution in [-0.2, 0) is 9.59 Å². The molecule has 0 unspecified atom stereocenters. The highest BCUT2D eigenvalue weighted by Crippen LogP contribution is 2.53. The molecule has 3 N–H and O–H groups in total. The second kappa shape index (κ2) is 10.3. The molecular formula is C26H25ClN2O9. The molecule has 0 saturated heterocycles. The number of ether oxygens (including phenoxy) is 4. The van der Waals surface area contributed by atoms with E-state index in [-0.39, 0.29) is 39.8 Å². The smallest absolute Gasteiger partial charge is 0.322 e. The molecule has 0 aromatic heterocycles. The van der Waals surface area contributed by atoms with Gasteiger partial charge in [0.15, 0.2) is 5.75 Å². The summed E-state index contributed by atoms with van der Waals surface area (Å²) in [6, 6.07) is 5.96. The van der Waals surface area contributed by atoms with Crippen molar-refractivity contribution in [3.63, 3.8) is 0 Å². The van der Waals surface area contributed by atoms with Crippen LogP contribution in [0.3, 0.4) is 0 Å². The number of anilines is 1. The maximum Gasteiger partial charge on any atom is 0.322 e.